The molecule has 1 atom stereocenters. The lowest BCUT2D eigenvalue weighted by Crippen LogP contribution is -2.18. The number of halogens is 2. The molecular weight excluding hydrogens is 245 g/mol. The highest BCUT2D eigenvalue weighted by molar-refractivity contribution is 9.10. The van der Waals surface area contributed by atoms with E-state index < -0.39 is 11.3 Å². The van der Waals surface area contributed by atoms with E-state index in [4.69, 9.17) is 17.3 Å². The van der Waals surface area contributed by atoms with Gasteiger partial charge in [-0.05, 0) is 15.9 Å². The molecule has 0 fully saturated rings. The third-order valence-electron chi connectivity index (χ3n) is 1.13. The SMILES string of the molecule is NC(=O)C(Cl)c1cncc(Br)n1. The van der Waals surface area contributed by atoms with Crippen LogP contribution in [0.3, 0.4) is 0 Å². The molecule has 0 aliphatic carbocycles. The minimum absolute atomic E-state index is 0.346. The fourth-order valence-electron chi connectivity index (χ4n) is 0.624. The summed E-state index contributed by atoms with van der Waals surface area (Å²) in [6, 6.07) is 0. The van der Waals surface area contributed by atoms with E-state index in [-0.39, 0.29) is 0 Å². The molecule has 0 bridgehead atoms. The Labute approximate surface area is 82.3 Å². The maximum absolute atomic E-state index is 10.6. The monoisotopic (exact) mass is 249 g/mol. The molecule has 2 N–H and O–H groups in total. The van der Waals surface area contributed by atoms with E-state index in [1.807, 2.05) is 0 Å². The molecule has 1 rings (SSSR count). The van der Waals surface area contributed by atoms with Crippen molar-refractivity contribution in [2.24, 2.45) is 5.73 Å². The van der Waals surface area contributed by atoms with Crippen LogP contribution in [0.5, 0.6) is 0 Å². The van der Waals surface area contributed by atoms with Gasteiger partial charge in [-0.25, -0.2) is 4.98 Å². The van der Waals surface area contributed by atoms with Crippen molar-refractivity contribution in [3.05, 3.63) is 22.7 Å². The van der Waals surface area contributed by atoms with Crippen molar-refractivity contribution in [2.45, 2.75) is 5.38 Å². The van der Waals surface area contributed by atoms with Crippen molar-refractivity contribution in [3.63, 3.8) is 0 Å². The largest absolute Gasteiger partial charge is 0.368 e. The number of carbonyl (C=O) groups is 1. The van der Waals surface area contributed by atoms with Gasteiger partial charge in [0.15, 0.2) is 5.38 Å². The lowest BCUT2D eigenvalue weighted by atomic mass is 10.3. The van der Waals surface area contributed by atoms with Crippen molar-refractivity contribution in [1.82, 2.24) is 9.97 Å². The predicted octanol–water partition coefficient (Wildman–Crippen LogP) is 1.00. The fraction of sp³-hybridized carbons (Fsp3) is 0.167. The number of primary amides is 1. The first kappa shape index (κ1) is 9.41. The number of nitrogens with zero attached hydrogens (tertiary/aromatic N) is 2. The molecule has 1 unspecified atom stereocenters. The summed E-state index contributed by atoms with van der Waals surface area (Å²) >= 11 is 8.71. The highest BCUT2D eigenvalue weighted by Gasteiger charge is 2.15. The molecule has 1 aromatic rings. The quantitative estimate of drug-likeness (QED) is 0.796. The molecule has 0 radical (unpaired) electrons. The third kappa shape index (κ3) is 2.15. The van der Waals surface area contributed by atoms with Gasteiger partial charge in [-0.1, -0.05) is 0 Å². The Morgan fingerprint density at radius 3 is 2.83 bits per heavy atom. The zero-order valence-corrected chi connectivity index (χ0v) is 8.21. The second-order valence-corrected chi connectivity index (χ2v) is 3.28. The molecule has 12 heavy (non-hydrogen) atoms. The van der Waals surface area contributed by atoms with Crippen LogP contribution in [0.4, 0.5) is 0 Å². The van der Waals surface area contributed by atoms with Crippen LogP contribution in [0, 0.1) is 0 Å². The van der Waals surface area contributed by atoms with Gasteiger partial charge in [-0.15, -0.1) is 11.6 Å². The van der Waals surface area contributed by atoms with Gasteiger partial charge in [0.2, 0.25) is 5.91 Å². The summed E-state index contributed by atoms with van der Waals surface area (Å²) in [5.74, 6) is -0.635. The Hall–Kier alpha value is -0.680. The van der Waals surface area contributed by atoms with Gasteiger partial charge in [-0.3, -0.25) is 9.78 Å². The molecule has 0 spiro atoms. The number of alkyl halides is 1. The van der Waals surface area contributed by atoms with Crippen molar-refractivity contribution < 1.29 is 4.79 Å². The van der Waals surface area contributed by atoms with Gasteiger partial charge in [0.05, 0.1) is 18.1 Å². The van der Waals surface area contributed by atoms with Gasteiger partial charge in [-0.2, -0.15) is 0 Å². The molecular formula is C6H5BrClN3O. The normalized spacial score (nSPS) is 12.5. The molecule has 6 heteroatoms. The van der Waals surface area contributed by atoms with Crippen molar-refractivity contribution in [3.8, 4) is 0 Å². The van der Waals surface area contributed by atoms with Crippen LogP contribution >= 0.6 is 27.5 Å². The third-order valence-corrected chi connectivity index (χ3v) is 1.95. The smallest absolute Gasteiger partial charge is 0.241 e. The maximum atomic E-state index is 10.6. The summed E-state index contributed by atoms with van der Waals surface area (Å²) in [5, 5.41) is -0.921. The van der Waals surface area contributed by atoms with Gasteiger partial charge in [0.1, 0.15) is 4.60 Å². The minimum atomic E-state index is -0.921. The lowest BCUT2D eigenvalue weighted by molar-refractivity contribution is -0.117. The van der Waals surface area contributed by atoms with E-state index in [0.717, 1.165) is 0 Å². The minimum Gasteiger partial charge on any atom is -0.368 e. The number of carbonyl (C=O) groups excluding carboxylic acids is 1. The lowest BCUT2D eigenvalue weighted by Gasteiger charge is -2.02. The average Bonchev–Trinajstić information content (AvgIpc) is 2.03. The van der Waals surface area contributed by atoms with Gasteiger partial charge in [0, 0.05) is 0 Å². The molecule has 1 heterocycles. The Kier molecular flexibility index (Phi) is 2.99. The molecule has 0 saturated carbocycles. The zero-order valence-electron chi connectivity index (χ0n) is 5.87. The predicted molar refractivity (Wildman–Crippen MR) is 47.5 cm³/mol. The number of hydrogen-bond acceptors (Lipinski definition) is 3. The van der Waals surface area contributed by atoms with Crippen LogP contribution in [0.25, 0.3) is 0 Å². The van der Waals surface area contributed by atoms with Crippen molar-refractivity contribution in [1.29, 1.82) is 0 Å². The van der Waals surface area contributed by atoms with E-state index in [2.05, 4.69) is 25.9 Å². The fourth-order valence-corrected chi connectivity index (χ4v) is 1.05. The number of aromatic nitrogens is 2. The van der Waals surface area contributed by atoms with Crippen LogP contribution in [0.1, 0.15) is 11.1 Å². The molecule has 64 valence electrons. The Balaban J connectivity index is 2.95. The second-order valence-electron chi connectivity index (χ2n) is 2.03. The zero-order chi connectivity index (χ0) is 9.14. The van der Waals surface area contributed by atoms with E-state index in [1.54, 1.807) is 0 Å². The molecule has 1 aromatic heterocycles. The first-order chi connectivity index (χ1) is 5.61. The van der Waals surface area contributed by atoms with Crippen LogP contribution in [-0.4, -0.2) is 15.9 Å². The molecule has 4 nitrogen and oxygen atoms in total. The van der Waals surface area contributed by atoms with Gasteiger partial charge in [0.25, 0.3) is 0 Å². The summed E-state index contributed by atoms with van der Waals surface area (Å²) < 4.78 is 0.520. The molecule has 0 aliphatic heterocycles. The van der Waals surface area contributed by atoms with Crippen LogP contribution in [-0.2, 0) is 4.79 Å². The van der Waals surface area contributed by atoms with Crippen LogP contribution < -0.4 is 5.73 Å². The molecule has 1 amide bonds. The first-order valence-electron chi connectivity index (χ1n) is 3.02. The number of hydrogen-bond donors (Lipinski definition) is 1. The van der Waals surface area contributed by atoms with Gasteiger partial charge < -0.3 is 5.73 Å². The Bertz CT molecular complexity index is 307. The van der Waals surface area contributed by atoms with E-state index in [0.29, 0.717) is 10.3 Å². The highest BCUT2D eigenvalue weighted by atomic mass is 79.9. The summed E-state index contributed by atoms with van der Waals surface area (Å²) in [7, 11) is 0. The van der Waals surface area contributed by atoms with Crippen LogP contribution in [0.2, 0.25) is 0 Å². The standard InChI is InChI=1S/C6H5BrClN3O/c7-4-2-10-1-3(11-4)5(8)6(9)12/h1-2,5H,(H2,9,12). The summed E-state index contributed by atoms with van der Waals surface area (Å²) in [6.45, 7) is 0. The molecule has 0 aliphatic rings. The summed E-state index contributed by atoms with van der Waals surface area (Å²) in [4.78, 5) is 18.3. The van der Waals surface area contributed by atoms with Crippen molar-refractivity contribution in [2.75, 3.05) is 0 Å². The first-order valence-corrected chi connectivity index (χ1v) is 4.25. The Morgan fingerprint density at radius 2 is 2.33 bits per heavy atom. The summed E-state index contributed by atoms with van der Waals surface area (Å²) in [5.41, 5.74) is 5.31. The van der Waals surface area contributed by atoms with E-state index >= 15 is 0 Å². The summed E-state index contributed by atoms with van der Waals surface area (Å²) in [6.07, 6.45) is 2.89. The maximum Gasteiger partial charge on any atom is 0.241 e. The number of nitrogens with two attached hydrogens (primary N) is 1. The van der Waals surface area contributed by atoms with Crippen LogP contribution in [0.15, 0.2) is 17.0 Å². The molecule has 0 saturated heterocycles. The number of rotatable bonds is 2. The van der Waals surface area contributed by atoms with Gasteiger partial charge >= 0.3 is 0 Å². The topological polar surface area (TPSA) is 68.9 Å². The molecule has 0 aromatic carbocycles. The average molecular weight is 250 g/mol. The highest BCUT2D eigenvalue weighted by Crippen LogP contribution is 2.17. The van der Waals surface area contributed by atoms with E-state index in [9.17, 15) is 4.79 Å². The Morgan fingerprint density at radius 1 is 1.67 bits per heavy atom. The number of amides is 1. The van der Waals surface area contributed by atoms with Crippen molar-refractivity contribution >= 4 is 33.4 Å². The van der Waals surface area contributed by atoms with E-state index in [1.165, 1.54) is 12.4 Å². The second kappa shape index (κ2) is 3.82.